The van der Waals surface area contributed by atoms with Gasteiger partial charge >= 0.3 is 0 Å². The van der Waals surface area contributed by atoms with E-state index in [-0.39, 0.29) is 35.0 Å². The van der Waals surface area contributed by atoms with Crippen molar-refractivity contribution < 1.29 is 14.5 Å². The van der Waals surface area contributed by atoms with Crippen molar-refractivity contribution in [1.29, 1.82) is 0 Å². The summed E-state index contributed by atoms with van der Waals surface area (Å²) in [5.41, 5.74) is 0.433. The van der Waals surface area contributed by atoms with Crippen LogP contribution in [0.2, 0.25) is 0 Å². The van der Waals surface area contributed by atoms with Gasteiger partial charge in [-0.1, -0.05) is 13.8 Å². The zero-order valence-electron chi connectivity index (χ0n) is 13.8. The van der Waals surface area contributed by atoms with Crippen molar-refractivity contribution in [1.82, 2.24) is 10.6 Å². The van der Waals surface area contributed by atoms with Gasteiger partial charge in [0, 0.05) is 36.7 Å². The first-order valence-electron chi connectivity index (χ1n) is 7.99. The molecule has 1 aliphatic carbocycles. The lowest BCUT2D eigenvalue weighted by Gasteiger charge is -2.11. The van der Waals surface area contributed by atoms with E-state index in [9.17, 15) is 19.7 Å². The third kappa shape index (κ3) is 4.94. The molecule has 1 aromatic carbocycles. The van der Waals surface area contributed by atoms with Gasteiger partial charge in [-0.05, 0) is 25.0 Å². The van der Waals surface area contributed by atoms with Crippen LogP contribution >= 0.6 is 0 Å². The van der Waals surface area contributed by atoms with Gasteiger partial charge in [-0.2, -0.15) is 0 Å². The van der Waals surface area contributed by atoms with Crippen molar-refractivity contribution in [3.63, 3.8) is 0 Å². The van der Waals surface area contributed by atoms with Crippen LogP contribution in [0.3, 0.4) is 0 Å². The minimum absolute atomic E-state index is 0.0709. The Kier molecular flexibility index (Phi) is 5.73. The van der Waals surface area contributed by atoms with Crippen LogP contribution in [-0.4, -0.2) is 35.9 Å². The van der Waals surface area contributed by atoms with Crippen LogP contribution in [0.15, 0.2) is 18.2 Å². The van der Waals surface area contributed by atoms with E-state index in [0.29, 0.717) is 18.8 Å². The van der Waals surface area contributed by atoms with E-state index in [1.807, 2.05) is 0 Å². The number of carbonyl (C=O) groups is 2. The fourth-order valence-corrected chi connectivity index (χ4v) is 2.06. The summed E-state index contributed by atoms with van der Waals surface area (Å²) >= 11 is 0. The monoisotopic (exact) mass is 334 g/mol. The summed E-state index contributed by atoms with van der Waals surface area (Å²) in [6.07, 6.45) is 1.91. The topological polar surface area (TPSA) is 113 Å². The molecular formula is C16H22N4O4. The van der Waals surface area contributed by atoms with Crippen LogP contribution in [0.1, 0.15) is 37.0 Å². The first-order chi connectivity index (χ1) is 11.4. The Bertz CT molecular complexity index is 641. The van der Waals surface area contributed by atoms with E-state index in [4.69, 9.17) is 0 Å². The number of benzene rings is 1. The molecule has 8 heteroatoms. The maximum Gasteiger partial charge on any atom is 0.293 e. The summed E-state index contributed by atoms with van der Waals surface area (Å²) in [5.74, 6) is -0.474. The molecule has 0 radical (unpaired) electrons. The van der Waals surface area contributed by atoms with Gasteiger partial charge in [-0.25, -0.2) is 0 Å². The molecule has 2 rings (SSSR count). The molecule has 0 spiro atoms. The molecule has 0 saturated heterocycles. The Morgan fingerprint density at radius 2 is 2.00 bits per heavy atom. The average Bonchev–Trinajstić information content (AvgIpc) is 3.34. The summed E-state index contributed by atoms with van der Waals surface area (Å²) in [6, 6.07) is 4.54. The van der Waals surface area contributed by atoms with Gasteiger partial charge in [-0.15, -0.1) is 0 Å². The minimum Gasteiger partial charge on any atom is -0.378 e. The van der Waals surface area contributed by atoms with Crippen molar-refractivity contribution >= 4 is 23.2 Å². The maximum atomic E-state index is 12.0. The van der Waals surface area contributed by atoms with E-state index < -0.39 is 4.92 Å². The van der Waals surface area contributed by atoms with Gasteiger partial charge < -0.3 is 16.0 Å². The van der Waals surface area contributed by atoms with Crippen LogP contribution in [0, 0.1) is 16.0 Å². The van der Waals surface area contributed by atoms with Gasteiger partial charge in [-0.3, -0.25) is 19.7 Å². The normalized spacial score (nSPS) is 13.5. The van der Waals surface area contributed by atoms with Gasteiger partial charge in [0.25, 0.3) is 11.6 Å². The molecule has 0 aromatic heterocycles. The van der Waals surface area contributed by atoms with E-state index in [2.05, 4.69) is 16.0 Å². The summed E-state index contributed by atoms with van der Waals surface area (Å²) in [7, 11) is 0. The molecular weight excluding hydrogens is 312 g/mol. The number of hydrogen-bond donors (Lipinski definition) is 3. The Balaban J connectivity index is 1.97. The predicted molar refractivity (Wildman–Crippen MR) is 89.9 cm³/mol. The molecule has 1 aliphatic rings. The van der Waals surface area contributed by atoms with Gasteiger partial charge in [0.1, 0.15) is 5.69 Å². The molecule has 1 saturated carbocycles. The summed E-state index contributed by atoms with van der Waals surface area (Å²) in [6.45, 7) is 4.29. The zero-order valence-corrected chi connectivity index (χ0v) is 13.8. The average molecular weight is 334 g/mol. The summed E-state index contributed by atoms with van der Waals surface area (Å²) < 4.78 is 0. The number of nitro benzene ring substituents is 1. The van der Waals surface area contributed by atoms with Gasteiger partial charge in [0.05, 0.1) is 4.92 Å². The predicted octanol–water partition coefficient (Wildman–Crippen LogP) is 1.67. The van der Waals surface area contributed by atoms with Gasteiger partial charge in [0.15, 0.2) is 0 Å². The summed E-state index contributed by atoms with van der Waals surface area (Å²) in [4.78, 5) is 34.1. The number of nitrogens with zero attached hydrogens (tertiary/aromatic N) is 1. The van der Waals surface area contributed by atoms with Crippen LogP contribution in [0.5, 0.6) is 0 Å². The molecule has 130 valence electrons. The molecule has 0 bridgehead atoms. The Morgan fingerprint density at radius 1 is 1.29 bits per heavy atom. The quantitative estimate of drug-likeness (QED) is 0.380. The number of hydrogen-bond acceptors (Lipinski definition) is 5. The first kappa shape index (κ1) is 17.7. The van der Waals surface area contributed by atoms with Crippen molar-refractivity contribution in [2.24, 2.45) is 5.92 Å². The fourth-order valence-electron chi connectivity index (χ4n) is 2.06. The molecule has 1 fully saturated rings. The maximum absolute atomic E-state index is 12.0. The lowest BCUT2D eigenvalue weighted by atomic mass is 10.1. The molecule has 1 aromatic rings. The minimum atomic E-state index is -0.525. The van der Waals surface area contributed by atoms with E-state index in [0.717, 1.165) is 12.8 Å². The molecule has 0 heterocycles. The molecule has 24 heavy (non-hydrogen) atoms. The molecule has 8 nitrogen and oxygen atoms in total. The first-order valence-corrected chi connectivity index (χ1v) is 7.99. The highest BCUT2D eigenvalue weighted by atomic mass is 16.6. The third-order valence-corrected chi connectivity index (χ3v) is 3.63. The third-order valence-electron chi connectivity index (χ3n) is 3.63. The SMILES string of the molecule is CC(C)C(=O)NCCNc1ccc(C(=O)NC2CC2)cc1[N+](=O)[O-]. The van der Waals surface area contributed by atoms with E-state index >= 15 is 0 Å². The number of amides is 2. The van der Waals surface area contributed by atoms with Crippen LogP contribution < -0.4 is 16.0 Å². The second kappa shape index (κ2) is 7.76. The molecule has 3 N–H and O–H groups in total. The molecule has 0 unspecified atom stereocenters. The Hall–Kier alpha value is -2.64. The lowest BCUT2D eigenvalue weighted by Crippen LogP contribution is -2.32. The lowest BCUT2D eigenvalue weighted by molar-refractivity contribution is -0.384. The Labute approximate surface area is 140 Å². The van der Waals surface area contributed by atoms with Crippen molar-refractivity contribution in [3.05, 3.63) is 33.9 Å². The highest BCUT2D eigenvalue weighted by Gasteiger charge is 2.25. The van der Waals surface area contributed by atoms with Crippen molar-refractivity contribution in [2.45, 2.75) is 32.7 Å². The standard InChI is InChI=1S/C16H22N4O4/c1-10(2)15(21)18-8-7-17-13-6-3-11(9-14(13)20(23)24)16(22)19-12-4-5-12/h3,6,9-10,12,17H,4-5,7-8H2,1-2H3,(H,18,21)(H,19,22). The Morgan fingerprint density at radius 3 is 2.58 bits per heavy atom. The van der Waals surface area contributed by atoms with Crippen LogP contribution in [0.4, 0.5) is 11.4 Å². The number of rotatable bonds is 8. The van der Waals surface area contributed by atoms with E-state index in [1.165, 1.54) is 12.1 Å². The fraction of sp³-hybridized carbons (Fsp3) is 0.500. The molecule has 0 aliphatic heterocycles. The number of carbonyl (C=O) groups excluding carboxylic acids is 2. The van der Waals surface area contributed by atoms with Crippen molar-refractivity contribution in [3.8, 4) is 0 Å². The number of nitrogens with one attached hydrogen (secondary N) is 3. The van der Waals surface area contributed by atoms with Crippen molar-refractivity contribution in [2.75, 3.05) is 18.4 Å². The number of nitro groups is 1. The zero-order chi connectivity index (χ0) is 17.7. The summed E-state index contributed by atoms with van der Waals surface area (Å²) in [5, 5.41) is 19.7. The second-order valence-corrected chi connectivity index (χ2v) is 6.11. The smallest absolute Gasteiger partial charge is 0.293 e. The number of anilines is 1. The highest BCUT2D eigenvalue weighted by Crippen LogP contribution is 2.26. The van der Waals surface area contributed by atoms with Gasteiger partial charge in [0.2, 0.25) is 5.91 Å². The largest absolute Gasteiger partial charge is 0.378 e. The van der Waals surface area contributed by atoms with Crippen LogP contribution in [0.25, 0.3) is 0 Å². The van der Waals surface area contributed by atoms with Crippen LogP contribution in [-0.2, 0) is 4.79 Å². The second-order valence-electron chi connectivity index (χ2n) is 6.11. The van der Waals surface area contributed by atoms with E-state index in [1.54, 1.807) is 19.9 Å². The highest BCUT2D eigenvalue weighted by molar-refractivity contribution is 5.96. The molecule has 2 amide bonds. The molecule has 0 atom stereocenters.